The minimum absolute atomic E-state index is 0.0574. The summed E-state index contributed by atoms with van der Waals surface area (Å²) in [6.45, 7) is 3.43. The van der Waals surface area contributed by atoms with Gasteiger partial charge in [0.05, 0.1) is 12.3 Å². The van der Waals surface area contributed by atoms with E-state index in [1.54, 1.807) is 26.0 Å². The fourth-order valence-corrected chi connectivity index (χ4v) is 2.79. The number of hydrogen-bond donors (Lipinski definition) is 0. The highest BCUT2D eigenvalue weighted by molar-refractivity contribution is 6.08. The van der Waals surface area contributed by atoms with Crippen LogP contribution in [0.1, 0.15) is 25.8 Å². The van der Waals surface area contributed by atoms with Crippen LogP contribution in [0.2, 0.25) is 0 Å². The molecule has 1 atom stereocenters. The third-order valence-corrected chi connectivity index (χ3v) is 4.06. The first-order valence-electron chi connectivity index (χ1n) is 8.34. The van der Waals surface area contributed by atoms with Crippen molar-refractivity contribution in [2.45, 2.75) is 33.0 Å². The van der Waals surface area contributed by atoms with Gasteiger partial charge in [-0.05, 0) is 31.9 Å². The number of aryl methyl sites for hydroxylation is 1. The summed E-state index contributed by atoms with van der Waals surface area (Å²) >= 11 is 0. The zero-order chi connectivity index (χ0) is 18.7. The van der Waals surface area contributed by atoms with E-state index in [4.69, 9.17) is 14.2 Å². The van der Waals surface area contributed by atoms with Crippen LogP contribution in [0.5, 0.6) is 0 Å². The number of nitrogens with zero attached hydrogens (tertiary/aromatic N) is 1. The smallest absolute Gasteiger partial charge is 0.358 e. The van der Waals surface area contributed by atoms with Crippen LogP contribution in [-0.2, 0) is 35.0 Å². The summed E-state index contributed by atoms with van der Waals surface area (Å²) in [5.41, 5.74) is 1.92. The Morgan fingerprint density at radius 1 is 1.31 bits per heavy atom. The number of para-hydroxylation sites is 1. The molecule has 0 saturated heterocycles. The maximum Gasteiger partial charge on any atom is 0.358 e. The van der Waals surface area contributed by atoms with Crippen LogP contribution in [0.25, 0.3) is 0 Å². The van der Waals surface area contributed by atoms with Crippen LogP contribution >= 0.6 is 0 Å². The second-order valence-electron chi connectivity index (χ2n) is 5.84. The third kappa shape index (κ3) is 3.46. The molecule has 7 heteroatoms. The lowest BCUT2D eigenvalue weighted by atomic mass is 10.0. The molecule has 0 saturated carbocycles. The number of esters is 2. The zero-order valence-electron chi connectivity index (χ0n) is 14.6. The molecule has 3 rings (SSSR count). The first-order valence-corrected chi connectivity index (χ1v) is 8.34. The van der Waals surface area contributed by atoms with Gasteiger partial charge in [0.1, 0.15) is 6.26 Å². The van der Waals surface area contributed by atoms with Gasteiger partial charge in [-0.1, -0.05) is 18.2 Å². The van der Waals surface area contributed by atoms with E-state index in [1.807, 2.05) is 12.1 Å². The highest BCUT2D eigenvalue weighted by Gasteiger charge is 2.32. The Balaban J connectivity index is 1.94. The van der Waals surface area contributed by atoms with Crippen molar-refractivity contribution in [3.8, 4) is 0 Å². The Labute approximate surface area is 150 Å². The average molecular weight is 357 g/mol. The standard InChI is InChI=1S/C19H19NO6/c1-3-24-19(23)15(11-25-17-10-12(2)18(22)26-17)20-14-7-5-4-6-13(14)8-9-16(20)21/h4-7,10-11,17H,3,8-9H2,1-2H3/b15-11-. The van der Waals surface area contributed by atoms with E-state index in [2.05, 4.69) is 0 Å². The van der Waals surface area contributed by atoms with Gasteiger partial charge in [0.2, 0.25) is 5.91 Å². The predicted molar refractivity (Wildman–Crippen MR) is 91.7 cm³/mol. The SMILES string of the molecule is CCOC(=O)/C(=C/OC1C=C(C)C(=O)O1)N1C(=O)CCc2ccccc21. The van der Waals surface area contributed by atoms with Crippen LogP contribution < -0.4 is 4.90 Å². The summed E-state index contributed by atoms with van der Waals surface area (Å²) in [4.78, 5) is 37.7. The van der Waals surface area contributed by atoms with Crippen molar-refractivity contribution in [3.63, 3.8) is 0 Å². The van der Waals surface area contributed by atoms with Gasteiger partial charge in [0.25, 0.3) is 6.29 Å². The molecule has 0 aliphatic carbocycles. The second kappa shape index (κ2) is 7.43. The number of rotatable bonds is 5. The first kappa shape index (κ1) is 17.7. The molecule has 0 fully saturated rings. The van der Waals surface area contributed by atoms with Crippen LogP contribution in [-0.4, -0.2) is 30.7 Å². The predicted octanol–water partition coefficient (Wildman–Crippen LogP) is 2.22. The molecule has 2 aliphatic heterocycles. The van der Waals surface area contributed by atoms with Crippen LogP contribution in [0.3, 0.4) is 0 Å². The largest absolute Gasteiger partial charge is 0.461 e. The fraction of sp³-hybridized carbons (Fsp3) is 0.316. The van der Waals surface area contributed by atoms with Crippen molar-refractivity contribution >= 4 is 23.5 Å². The van der Waals surface area contributed by atoms with Gasteiger partial charge < -0.3 is 14.2 Å². The number of cyclic esters (lactones) is 1. The minimum atomic E-state index is -0.943. The molecule has 0 spiro atoms. The lowest BCUT2D eigenvalue weighted by Gasteiger charge is -2.30. The highest BCUT2D eigenvalue weighted by atomic mass is 16.7. The third-order valence-electron chi connectivity index (χ3n) is 4.06. The minimum Gasteiger partial charge on any atom is -0.461 e. The molecule has 2 heterocycles. The van der Waals surface area contributed by atoms with Crippen molar-refractivity contribution < 1.29 is 28.6 Å². The van der Waals surface area contributed by atoms with Gasteiger partial charge in [-0.2, -0.15) is 0 Å². The van der Waals surface area contributed by atoms with E-state index in [-0.39, 0.29) is 24.6 Å². The second-order valence-corrected chi connectivity index (χ2v) is 5.84. The Morgan fingerprint density at radius 3 is 2.77 bits per heavy atom. The first-order chi connectivity index (χ1) is 12.5. The molecule has 0 bridgehead atoms. The van der Waals surface area contributed by atoms with E-state index >= 15 is 0 Å². The summed E-state index contributed by atoms with van der Waals surface area (Å²) in [5.74, 6) is -1.41. The van der Waals surface area contributed by atoms with Crippen molar-refractivity contribution in [2.24, 2.45) is 0 Å². The highest BCUT2D eigenvalue weighted by Crippen LogP contribution is 2.31. The molecule has 0 N–H and O–H groups in total. The van der Waals surface area contributed by atoms with Crippen molar-refractivity contribution in [2.75, 3.05) is 11.5 Å². The van der Waals surface area contributed by atoms with Crippen LogP contribution in [0.15, 0.2) is 47.9 Å². The van der Waals surface area contributed by atoms with E-state index in [1.165, 1.54) is 11.0 Å². The Morgan fingerprint density at radius 2 is 2.08 bits per heavy atom. The van der Waals surface area contributed by atoms with Crippen LogP contribution in [0, 0.1) is 0 Å². The van der Waals surface area contributed by atoms with Gasteiger partial charge in [-0.25, -0.2) is 9.59 Å². The van der Waals surface area contributed by atoms with E-state index in [0.29, 0.717) is 17.7 Å². The van der Waals surface area contributed by atoms with Gasteiger partial charge >= 0.3 is 11.9 Å². The molecular weight excluding hydrogens is 338 g/mol. The summed E-state index contributed by atoms with van der Waals surface area (Å²) < 4.78 is 15.5. The van der Waals surface area contributed by atoms with Gasteiger partial charge in [0, 0.05) is 18.1 Å². The van der Waals surface area contributed by atoms with Gasteiger partial charge in [0.15, 0.2) is 5.70 Å². The fourth-order valence-electron chi connectivity index (χ4n) is 2.79. The lowest BCUT2D eigenvalue weighted by Crippen LogP contribution is -2.38. The molecule has 1 unspecified atom stereocenters. The normalized spacial score (nSPS) is 19.6. The molecule has 0 radical (unpaired) electrons. The average Bonchev–Trinajstić information content (AvgIpc) is 2.95. The molecule has 136 valence electrons. The monoisotopic (exact) mass is 357 g/mol. The maximum absolute atomic E-state index is 12.5. The van der Waals surface area contributed by atoms with E-state index < -0.39 is 18.2 Å². The van der Waals surface area contributed by atoms with Crippen molar-refractivity contribution in [1.82, 2.24) is 0 Å². The number of carbonyl (C=O) groups is 3. The molecule has 7 nitrogen and oxygen atoms in total. The number of carbonyl (C=O) groups excluding carboxylic acids is 3. The molecule has 26 heavy (non-hydrogen) atoms. The number of amides is 1. The number of benzene rings is 1. The Kier molecular flexibility index (Phi) is 5.06. The zero-order valence-corrected chi connectivity index (χ0v) is 14.6. The molecule has 1 aromatic carbocycles. The van der Waals surface area contributed by atoms with Gasteiger partial charge in [-0.15, -0.1) is 0 Å². The number of hydrogen-bond acceptors (Lipinski definition) is 6. The van der Waals surface area contributed by atoms with Crippen LogP contribution in [0.4, 0.5) is 5.69 Å². The Hall–Kier alpha value is -3.09. The Bertz CT molecular complexity index is 810. The van der Waals surface area contributed by atoms with Gasteiger partial charge in [-0.3, -0.25) is 9.69 Å². The maximum atomic E-state index is 12.5. The van der Waals surface area contributed by atoms with E-state index in [0.717, 1.165) is 11.8 Å². The van der Waals surface area contributed by atoms with E-state index in [9.17, 15) is 14.4 Å². The summed E-state index contributed by atoms with van der Waals surface area (Å²) in [5, 5.41) is 0. The molecular formula is C19H19NO6. The summed E-state index contributed by atoms with van der Waals surface area (Å²) in [6.07, 6.45) is 2.54. The summed E-state index contributed by atoms with van der Waals surface area (Å²) in [6, 6.07) is 7.34. The molecule has 1 aromatic rings. The number of fused-ring (bicyclic) bond motifs is 1. The number of ether oxygens (including phenoxy) is 3. The lowest BCUT2D eigenvalue weighted by molar-refractivity contribution is -0.152. The van der Waals surface area contributed by atoms with Crippen molar-refractivity contribution in [3.05, 3.63) is 53.4 Å². The molecule has 2 aliphatic rings. The van der Waals surface area contributed by atoms with Crippen molar-refractivity contribution in [1.29, 1.82) is 0 Å². The number of anilines is 1. The molecule has 1 amide bonds. The topological polar surface area (TPSA) is 82.1 Å². The summed E-state index contributed by atoms with van der Waals surface area (Å²) in [7, 11) is 0. The quantitative estimate of drug-likeness (QED) is 0.457. The molecule has 0 aromatic heterocycles.